The molecule has 25 heavy (non-hydrogen) atoms. The Bertz CT molecular complexity index is 579. The van der Waals surface area contributed by atoms with E-state index in [1.54, 1.807) is 34.6 Å². The Balaban J connectivity index is 2.71. The van der Waals surface area contributed by atoms with Crippen LogP contribution in [-0.4, -0.2) is 36.0 Å². The third kappa shape index (κ3) is 7.83. The van der Waals surface area contributed by atoms with Gasteiger partial charge < -0.3 is 15.4 Å². The topological polar surface area (TPSA) is 84.5 Å². The smallest absolute Gasteiger partial charge is 0.408 e. The summed E-state index contributed by atoms with van der Waals surface area (Å²) in [6.07, 6.45) is 1.51. The molecule has 137 valence electrons. The van der Waals surface area contributed by atoms with E-state index < -0.39 is 29.7 Å². The molecule has 2 amide bonds. The molecule has 2 N–H and O–H groups in total. The first-order valence-corrected chi connectivity index (χ1v) is 8.34. The molecule has 0 unspecified atom stereocenters. The maximum atomic E-state index is 12.5. The molecule has 1 radical (unpaired) electrons. The van der Waals surface area contributed by atoms with E-state index in [0.29, 0.717) is 6.42 Å². The van der Waals surface area contributed by atoms with E-state index in [1.807, 2.05) is 36.6 Å². The number of hydrogen-bond donors (Lipinski definition) is 2. The average molecular weight is 347 g/mol. The highest BCUT2D eigenvalue weighted by Crippen LogP contribution is 2.09. The fraction of sp³-hybridized carbons (Fsp3) is 0.526. The number of ether oxygens (including phenoxy) is 1. The van der Waals surface area contributed by atoms with Crippen LogP contribution in [0.25, 0.3) is 0 Å². The number of rotatable bonds is 7. The lowest BCUT2D eigenvalue weighted by molar-refractivity contribution is -0.124. The van der Waals surface area contributed by atoms with Crippen molar-refractivity contribution in [3.05, 3.63) is 35.9 Å². The lowest BCUT2D eigenvalue weighted by Crippen LogP contribution is -2.53. The van der Waals surface area contributed by atoms with Gasteiger partial charge in [0.15, 0.2) is 0 Å². The van der Waals surface area contributed by atoms with Crippen LogP contribution in [0.2, 0.25) is 0 Å². The quantitative estimate of drug-likeness (QED) is 0.793. The first-order valence-electron chi connectivity index (χ1n) is 8.34. The summed E-state index contributed by atoms with van der Waals surface area (Å²) in [6, 6.07) is 7.75. The van der Waals surface area contributed by atoms with Gasteiger partial charge in [-0.2, -0.15) is 0 Å². The largest absolute Gasteiger partial charge is 0.444 e. The van der Waals surface area contributed by atoms with E-state index in [-0.39, 0.29) is 5.92 Å². The third-order valence-electron chi connectivity index (χ3n) is 3.36. The number of hydrogen-bond acceptors (Lipinski definition) is 4. The van der Waals surface area contributed by atoms with Crippen molar-refractivity contribution in [3.63, 3.8) is 0 Å². The second-order valence-electron chi connectivity index (χ2n) is 7.24. The second kappa shape index (κ2) is 9.20. The van der Waals surface area contributed by atoms with E-state index in [9.17, 15) is 14.4 Å². The van der Waals surface area contributed by atoms with Crippen LogP contribution in [0.1, 0.15) is 40.2 Å². The van der Waals surface area contributed by atoms with Gasteiger partial charge in [0.1, 0.15) is 11.6 Å². The number of amides is 2. The molecule has 0 aliphatic heterocycles. The van der Waals surface area contributed by atoms with Crippen molar-refractivity contribution in [2.24, 2.45) is 5.92 Å². The number of carbonyl (C=O) groups excluding carboxylic acids is 3. The van der Waals surface area contributed by atoms with Crippen molar-refractivity contribution in [1.29, 1.82) is 0 Å². The molecular weight excluding hydrogens is 320 g/mol. The summed E-state index contributed by atoms with van der Waals surface area (Å²) >= 11 is 0. The van der Waals surface area contributed by atoms with Gasteiger partial charge in [-0.25, -0.2) is 4.79 Å². The van der Waals surface area contributed by atoms with Gasteiger partial charge in [0.05, 0.1) is 6.04 Å². The molecule has 0 aliphatic rings. The van der Waals surface area contributed by atoms with Crippen molar-refractivity contribution in [2.75, 3.05) is 0 Å². The Morgan fingerprint density at radius 3 is 2.20 bits per heavy atom. The van der Waals surface area contributed by atoms with E-state index in [4.69, 9.17) is 4.74 Å². The van der Waals surface area contributed by atoms with Crippen LogP contribution in [0.15, 0.2) is 30.3 Å². The van der Waals surface area contributed by atoms with Gasteiger partial charge in [-0.1, -0.05) is 44.2 Å². The highest BCUT2D eigenvalue weighted by molar-refractivity contribution is 5.87. The Morgan fingerprint density at radius 1 is 1.12 bits per heavy atom. The Morgan fingerprint density at radius 2 is 1.72 bits per heavy atom. The van der Waals surface area contributed by atoms with Crippen molar-refractivity contribution >= 4 is 18.3 Å². The number of alkyl carbamates (subject to hydrolysis) is 1. The van der Waals surface area contributed by atoms with Crippen LogP contribution >= 0.6 is 0 Å². The first-order chi connectivity index (χ1) is 11.6. The molecule has 0 aliphatic carbocycles. The van der Waals surface area contributed by atoms with Gasteiger partial charge in [0, 0.05) is 6.42 Å². The monoisotopic (exact) mass is 347 g/mol. The van der Waals surface area contributed by atoms with E-state index in [1.165, 1.54) is 0 Å². The van der Waals surface area contributed by atoms with Gasteiger partial charge in [-0.15, -0.1) is 0 Å². The van der Waals surface area contributed by atoms with Gasteiger partial charge in [0.2, 0.25) is 12.2 Å². The molecular formula is C19H27N2O4. The molecule has 0 fully saturated rings. The van der Waals surface area contributed by atoms with Crippen LogP contribution in [0.3, 0.4) is 0 Å². The summed E-state index contributed by atoms with van der Waals surface area (Å²) in [5.74, 6) is -0.610. The number of carbonyl (C=O) groups is 2. The zero-order valence-electron chi connectivity index (χ0n) is 15.5. The molecule has 0 spiro atoms. The van der Waals surface area contributed by atoms with Gasteiger partial charge in [-0.3, -0.25) is 9.59 Å². The molecule has 1 aromatic carbocycles. The summed E-state index contributed by atoms with van der Waals surface area (Å²) in [7, 11) is 0. The molecule has 2 atom stereocenters. The Labute approximate surface area is 149 Å². The first kappa shape index (κ1) is 20.7. The predicted molar refractivity (Wildman–Crippen MR) is 95.8 cm³/mol. The third-order valence-corrected chi connectivity index (χ3v) is 3.36. The van der Waals surface area contributed by atoms with Gasteiger partial charge in [0.25, 0.3) is 0 Å². The minimum atomic E-state index is -0.804. The lowest BCUT2D eigenvalue weighted by atomic mass is 10.0. The summed E-state index contributed by atoms with van der Waals surface area (Å²) < 4.78 is 5.19. The normalized spacial score (nSPS) is 13.7. The summed E-state index contributed by atoms with van der Waals surface area (Å²) in [6.45, 7) is 8.84. The maximum Gasteiger partial charge on any atom is 0.408 e. The summed E-state index contributed by atoms with van der Waals surface area (Å²) in [5, 5.41) is 5.20. The second-order valence-corrected chi connectivity index (χ2v) is 7.24. The van der Waals surface area contributed by atoms with Crippen LogP contribution in [-0.2, 0) is 20.7 Å². The van der Waals surface area contributed by atoms with Crippen molar-refractivity contribution in [1.82, 2.24) is 10.6 Å². The Kier molecular flexibility index (Phi) is 7.61. The van der Waals surface area contributed by atoms with Crippen LogP contribution in [0.5, 0.6) is 0 Å². The molecule has 6 nitrogen and oxygen atoms in total. The SMILES string of the molecule is CC(C)[C@H](NC(=O)OC(C)(C)C)C(=O)N[C@H]([C]=O)Cc1ccccc1. The molecule has 6 heteroatoms. The minimum Gasteiger partial charge on any atom is -0.444 e. The highest BCUT2D eigenvalue weighted by Gasteiger charge is 2.28. The molecule has 0 aromatic heterocycles. The van der Waals surface area contributed by atoms with Crippen LogP contribution in [0.4, 0.5) is 4.79 Å². The van der Waals surface area contributed by atoms with E-state index in [2.05, 4.69) is 10.6 Å². The number of nitrogens with one attached hydrogen (secondary N) is 2. The van der Waals surface area contributed by atoms with Crippen LogP contribution in [0, 0.1) is 5.92 Å². The zero-order chi connectivity index (χ0) is 19.0. The molecule has 0 saturated carbocycles. The standard InChI is InChI=1S/C19H27N2O4/c1-13(2)16(21-18(24)25-19(3,4)5)17(23)20-15(12-22)11-14-9-7-6-8-10-14/h6-10,13,15-16H,11H2,1-5H3,(H,20,23)(H,21,24)/t15-,16-/m0/s1. The lowest BCUT2D eigenvalue weighted by Gasteiger charge is -2.26. The van der Waals surface area contributed by atoms with Gasteiger partial charge >= 0.3 is 6.09 Å². The average Bonchev–Trinajstić information content (AvgIpc) is 2.50. The molecule has 1 aromatic rings. The molecule has 0 heterocycles. The fourth-order valence-corrected chi connectivity index (χ4v) is 2.20. The zero-order valence-corrected chi connectivity index (χ0v) is 15.5. The molecule has 1 rings (SSSR count). The predicted octanol–water partition coefficient (Wildman–Crippen LogP) is 2.37. The highest BCUT2D eigenvalue weighted by atomic mass is 16.6. The maximum absolute atomic E-state index is 12.5. The minimum absolute atomic E-state index is 0.170. The number of benzene rings is 1. The van der Waals surface area contributed by atoms with Crippen molar-refractivity contribution in [3.8, 4) is 0 Å². The molecule has 0 saturated heterocycles. The van der Waals surface area contributed by atoms with E-state index in [0.717, 1.165) is 5.56 Å². The van der Waals surface area contributed by atoms with Crippen LogP contribution < -0.4 is 10.6 Å². The summed E-state index contributed by atoms with van der Waals surface area (Å²) in [4.78, 5) is 35.6. The van der Waals surface area contributed by atoms with Gasteiger partial charge in [-0.05, 0) is 32.3 Å². The fourth-order valence-electron chi connectivity index (χ4n) is 2.20. The molecule has 0 bridgehead atoms. The van der Waals surface area contributed by atoms with Crippen molar-refractivity contribution < 1.29 is 19.1 Å². The Hall–Kier alpha value is -2.37. The summed E-state index contributed by atoms with van der Waals surface area (Å²) in [5.41, 5.74) is 0.256. The van der Waals surface area contributed by atoms with Crippen molar-refractivity contribution in [2.45, 2.75) is 58.7 Å². The van der Waals surface area contributed by atoms with E-state index >= 15 is 0 Å².